The summed E-state index contributed by atoms with van der Waals surface area (Å²) in [6.45, 7) is 0. The maximum absolute atomic E-state index is 13.0. The van der Waals surface area contributed by atoms with Crippen molar-refractivity contribution in [3.05, 3.63) is 76.4 Å². The van der Waals surface area contributed by atoms with Crippen LogP contribution in [0.1, 0.15) is 12.0 Å². The van der Waals surface area contributed by atoms with Gasteiger partial charge in [0, 0.05) is 12.1 Å². The van der Waals surface area contributed by atoms with Gasteiger partial charge in [0.25, 0.3) is 5.69 Å². The molecule has 2 aromatic rings. The van der Waals surface area contributed by atoms with E-state index in [1.807, 2.05) is 0 Å². The average molecular weight is 459 g/mol. The molecular weight excluding hydrogens is 438 g/mol. The summed E-state index contributed by atoms with van der Waals surface area (Å²) in [5.74, 6) is -0.888. The number of nitrogens with one attached hydrogen (secondary N) is 1. The van der Waals surface area contributed by atoms with Gasteiger partial charge in [-0.2, -0.15) is 0 Å². The summed E-state index contributed by atoms with van der Waals surface area (Å²) in [4.78, 5) is 50.1. The van der Waals surface area contributed by atoms with Crippen LogP contribution in [0, 0.1) is 33.8 Å². The molecule has 3 aliphatic rings. The number of fused-ring (bicyclic) bond motifs is 5. The number of anilines is 2. The Bertz CT molecular complexity index is 1250. The maximum atomic E-state index is 13.0. The highest BCUT2D eigenvalue weighted by atomic mass is 16.6. The Morgan fingerprint density at radius 3 is 2.47 bits per heavy atom. The normalized spacial score (nSPS) is 24.7. The number of methoxy groups -OCH3 is 1. The molecule has 0 aromatic heterocycles. The molecule has 1 heterocycles. The molecule has 1 N–H and O–H groups in total. The lowest BCUT2D eigenvalue weighted by Crippen LogP contribution is -2.32. The Morgan fingerprint density at radius 1 is 1.12 bits per heavy atom. The van der Waals surface area contributed by atoms with Crippen LogP contribution in [-0.4, -0.2) is 29.8 Å². The monoisotopic (exact) mass is 459 g/mol. The summed E-state index contributed by atoms with van der Waals surface area (Å²) >= 11 is 0. The molecule has 9 heteroatoms. The molecule has 0 radical (unpaired) electrons. The Hall–Kier alpha value is -4.27. The average Bonchev–Trinajstić information content (AvgIpc) is 3.51. The zero-order valence-corrected chi connectivity index (χ0v) is 18.2. The molecule has 34 heavy (non-hydrogen) atoms. The second kappa shape index (κ2) is 8.26. The van der Waals surface area contributed by atoms with Gasteiger partial charge in [-0.15, -0.1) is 0 Å². The topological polar surface area (TPSA) is 119 Å². The number of hydrogen-bond acceptors (Lipinski definition) is 6. The van der Waals surface area contributed by atoms with Crippen LogP contribution >= 0.6 is 0 Å². The predicted octanol–water partition coefficient (Wildman–Crippen LogP) is 3.57. The molecule has 3 amide bonds. The van der Waals surface area contributed by atoms with E-state index in [4.69, 9.17) is 4.74 Å². The van der Waals surface area contributed by atoms with E-state index in [9.17, 15) is 24.5 Å². The van der Waals surface area contributed by atoms with Gasteiger partial charge in [0.05, 0.1) is 41.3 Å². The Balaban J connectivity index is 1.31. The van der Waals surface area contributed by atoms with Crippen LogP contribution in [-0.2, 0) is 14.4 Å². The molecule has 2 aliphatic carbocycles. The molecule has 1 saturated heterocycles. The highest BCUT2D eigenvalue weighted by molar-refractivity contribution is 6.23. The highest BCUT2D eigenvalue weighted by Gasteiger charge is 2.59. The predicted molar refractivity (Wildman–Crippen MR) is 124 cm³/mol. The number of ether oxygens (including phenoxy) is 1. The van der Waals surface area contributed by atoms with E-state index in [0.29, 0.717) is 16.9 Å². The third kappa shape index (κ3) is 3.55. The molecule has 1 saturated carbocycles. The molecule has 0 spiro atoms. The van der Waals surface area contributed by atoms with E-state index < -0.39 is 10.8 Å². The van der Waals surface area contributed by atoms with Gasteiger partial charge in [-0.25, -0.2) is 4.90 Å². The quantitative estimate of drug-likeness (QED) is 0.232. The minimum atomic E-state index is -0.550. The molecule has 2 bridgehead atoms. The van der Waals surface area contributed by atoms with Crippen molar-refractivity contribution in [3.63, 3.8) is 0 Å². The molecule has 9 nitrogen and oxygen atoms in total. The number of nitro groups is 1. The number of amides is 3. The first-order chi connectivity index (χ1) is 16.4. The SMILES string of the molecule is COc1cc([N+](=O)[O-])ccc1NC(=O)/C=C\c1cccc(N2C(=O)C3C4C=CC(C4)C3C2=O)c1. The largest absolute Gasteiger partial charge is 0.494 e. The van der Waals surface area contributed by atoms with Crippen LogP contribution in [0.15, 0.2) is 60.7 Å². The first-order valence-corrected chi connectivity index (χ1v) is 10.8. The van der Waals surface area contributed by atoms with Crippen molar-refractivity contribution in [1.29, 1.82) is 0 Å². The Labute approximate surface area is 194 Å². The van der Waals surface area contributed by atoms with Gasteiger partial charge in [0.15, 0.2) is 0 Å². The van der Waals surface area contributed by atoms with Crippen LogP contribution in [0.5, 0.6) is 5.75 Å². The van der Waals surface area contributed by atoms with E-state index in [1.165, 1.54) is 36.3 Å². The smallest absolute Gasteiger partial charge is 0.273 e. The molecule has 4 atom stereocenters. The minimum Gasteiger partial charge on any atom is -0.494 e. The number of nitro benzene ring substituents is 1. The summed E-state index contributed by atoms with van der Waals surface area (Å²) in [6.07, 6.45) is 7.84. The zero-order chi connectivity index (χ0) is 24.0. The van der Waals surface area contributed by atoms with Gasteiger partial charge in [-0.05, 0) is 48.1 Å². The first kappa shape index (κ1) is 21.6. The van der Waals surface area contributed by atoms with Gasteiger partial charge in [-0.1, -0.05) is 24.3 Å². The van der Waals surface area contributed by atoms with Gasteiger partial charge in [0.2, 0.25) is 17.7 Å². The maximum Gasteiger partial charge on any atom is 0.273 e. The lowest BCUT2D eigenvalue weighted by Gasteiger charge is -2.17. The fourth-order valence-corrected chi connectivity index (χ4v) is 5.17. The molecular formula is C25H21N3O6. The standard InChI is InChI=1S/C25H21N3O6/c1-34-20-13-18(28(32)33)8-9-19(20)26-21(29)10-5-14-3-2-4-17(11-14)27-24(30)22-15-6-7-16(12-15)23(22)25(27)31/h2-11,13,15-16,22-23H,12H2,1H3,(H,26,29)/b10-5-. The summed E-state index contributed by atoms with van der Waals surface area (Å²) in [6, 6.07) is 10.8. The van der Waals surface area contributed by atoms with E-state index in [0.717, 1.165) is 6.42 Å². The van der Waals surface area contributed by atoms with Gasteiger partial charge in [0.1, 0.15) is 5.75 Å². The van der Waals surface area contributed by atoms with Crippen LogP contribution in [0.4, 0.5) is 17.1 Å². The number of allylic oxidation sites excluding steroid dienone is 2. The third-order valence-electron chi connectivity index (χ3n) is 6.68. The van der Waals surface area contributed by atoms with Crippen LogP contribution in [0.3, 0.4) is 0 Å². The number of hydrogen-bond donors (Lipinski definition) is 1. The van der Waals surface area contributed by atoms with Crippen LogP contribution in [0.2, 0.25) is 0 Å². The van der Waals surface area contributed by atoms with E-state index in [1.54, 1.807) is 30.3 Å². The molecule has 172 valence electrons. The van der Waals surface area contributed by atoms with Crippen molar-refractivity contribution in [1.82, 2.24) is 0 Å². The fraction of sp³-hybridized carbons (Fsp3) is 0.240. The third-order valence-corrected chi connectivity index (χ3v) is 6.68. The van der Waals surface area contributed by atoms with Crippen molar-refractivity contribution in [2.24, 2.45) is 23.7 Å². The van der Waals surface area contributed by atoms with E-state index in [-0.39, 0.29) is 46.9 Å². The molecule has 1 aliphatic heterocycles. The van der Waals surface area contributed by atoms with Crippen molar-refractivity contribution in [3.8, 4) is 5.75 Å². The van der Waals surface area contributed by atoms with Gasteiger partial charge >= 0.3 is 0 Å². The number of non-ortho nitro benzene ring substituents is 1. The second-order valence-corrected chi connectivity index (χ2v) is 8.57. The number of rotatable bonds is 6. The highest BCUT2D eigenvalue weighted by Crippen LogP contribution is 2.53. The van der Waals surface area contributed by atoms with E-state index >= 15 is 0 Å². The molecule has 2 aromatic carbocycles. The Kier molecular flexibility index (Phi) is 5.24. The second-order valence-electron chi connectivity index (χ2n) is 8.57. The summed E-state index contributed by atoms with van der Waals surface area (Å²) in [5, 5.41) is 13.5. The summed E-state index contributed by atoms with van der Waals surface area (Å²) in [5.41, 5.74) is 1.27. The van der Waals surface area contributed by atoms with Gasteiger partial charge in [-0.3, -0.25) is 24.5 Å². The molecule has 2 fully saturated rings. The number of nitrogens with zero attached hydrogens (tertiary/aromatic N) is 2. The minimum absolute atomic E-state index is 0.139. The van der Waals surface area contributed by atoms with E-state index in [2.05, 4.69) is 17.5 Å². The number of imide groups is 1. The summed E-state index contributed by atoms with van der Waals surface area (Å²) in [7, 11) is 1.35. The number of benzene rings is 2. The van der Waals surface area contributed by atoms with Crippen LogP contribution in [0.25, 0.3) is 6.08 Å². The fourth-order valence-electron chi connectivity index (χ4n) is 5.17. The van der Waals surface area contributed by atoms with Crippen molar-refractivity contribution in [2.75, 3.05) is 17.3 Å². The number of carbonyl (C=O) groups is 3. The molecule has 5 rings (SSSR count). The lowest BCUT2D eigenvalue weighted by atomic mass is 9.85. The Morgan fingerprint density at radius 2 is 1.82 bits per heavy atom. The van der Waals surface area contributed by atoms with Gasteiger partial charge < -0.3 is 10.1 Å². The first-order valence-electron chi connectivity index (χ1n) is 10.8. The van der Waals surface area contributed by atoms with Crippen molar-refractivity contribution < 1.29 is 24.0 Å². The molecule has 4 unspecified atom stereocenters. The zero-order valence-electron chi connectivity index (χ0n) is 18.2. The summed E-state index contributed by atoms with van der Waals surface area (Å²) < 4.78 is 5.13. The van der Waals surface area contributed by atoms with Crippen molar-refractivity contribution in [2.45, 2.75) is 6.42 Å². The lowest BCUT2D eigenvalue weighted by molar-refractivity contribution is -0.384. The number of carbonyl (C=O) groups excluding carboxylic acids is 3. The van der Waals surface area contributed by atoms with Crippen molar-refractivity contribution >= 4 is 40.9 Å². The van der Waals surface area contributed by atoms with Crippen LogP contribution < -0.4 is 15.0 Å².